The Morgan fingerprint density at radius 2 is 2.03 bits per heavy atom. The average molecular weight is 475 g/mol. The van der Waals surface area contributed by atoms with E-state index in [1.54, 1.807) is 25.1 Å². The van der Waals surface area contributed by atoms with Gasteiger partial charge in [0.15, 0.2) is 0 Å². The van der Waals surface area contributed by atoms with Crippen molar-refractivity contribution in [3.63, 3.8) is 0 Å². The van der Waals surface area contributed by atoms with Crippen molar-refractivity contribution in [2.75, 3.05) is 19.7 Å². The summed E-state index contributed by atoms with van der Waals surface area (Å²) in [4.78, 5) is 27.9. The molecule has 34 heavy (non-hydrogen) atoms. The Labute approximate surface area is 196 Å². The Bertz CT molecular complexity index is 1080. The lowest BCUT2D eigenvalue weighted by molar-refractivity contribution is -0.139. The first-order valence-electron chi connectivity index (χ1n) is 11.3. The van der Waals surface area contributed by atoms with Gasteiger partial charge >= 0.3 is 18.6 Å². The van der Waals surface area contributed by atoms with Crippen LogP contribution in [0.5, 0.6) is 5.75 Å². The summed E-state index contributed by atoms with van der Waals surface area (Å²) >= 11 is 0. The lowest BCUT2D eigenvalue weighted by atomic mass is 9.94. The summed E-state index contributed by atoms with van der Waals surface area (Å²) in [5, 5.41) is 5.45. The van der Waals surface area contributed by atoms with E-state index in [1.165, 1.54) is 6.07 Å². The maximum absolute atomic E-state index is 13.1. The second-order valence-corrected chi connectivity index (χ2v) is 8.23. The van der Waals surface area contributed by atoms with E-state index >= 15 is 0 Å². The van der Waals surface area contributed by atoms with Gasteiger partial charge in [0.25, 0.3) is 0 Å². The van der Waals surface area contributed by atoms with E-state index in [1.807, 2.05) is 19.3 Å². The van der Waals surface area contributed by atoms with Gasteiger partial charge in [-0.1, -0.05) is 18.2 Å². The lowest BCUT2D eigenvalue weighted by Crippen LogP contribution is -2.48. The van der Waals surface area contributed by atoms with E-state index in [4.69, 9.17) is 4.74 Å². The third-order valence-corrected chi connectivity index (χ3v) is 6.15. The topological polar surface area (TPSA) is 84.8 Å². The summed E-state index contributed by atoms with van der Waals surface area (Å²) in [5.74, 6) is -0.745. The molecule has 2 atom stereocenters. The standard InChI is InChI=1S/C24H28F2N4O4/c1-3-33-22(31)20-16(14-30-13-7-10-18(30)17-9-6-12-29(17)2)27-24(32)28-21(20)15-8-4-5-11-19(15)34-23(25)26/h4-6,8-9,11-12,18,21,23H,3,7,10,13-14H2,1-2H3,(H2,27,28,32)/t18-,21+/m0/s1. The first-order chi connectivity index (χ1) is 16.4. The van der Waals surface area contributed by atoms with Gasteiger partial charge < -0.3 is 24.7 Å². The van der Waals surface area contributed by atoms with Gasteiger partial charge in [-0.05, 0) is 44.5 Å². The maximum atomic E-state index is 13.1. The van der Waals surface area contributed by atoms with Gasteiger partial charge in [0, 0.05) is 36.7 Å². The summed E-state index contributed by atoms with van der Waals surface area (Å²) in [6, 6.07) is 8.74. The minimum atomic E-state index is -3.05. The molecule has 2 aromatic rings. The number of nitrogens with one attached hydrogen (secondary N) is 2. The van der Waals surface area contributed by atoms with Crippen molar-refractivity contribution in [2.45, 2.75) is 38.5 Å². The molecule has 182 valence electrons. The van der Waals surface area contributed by atoms with Crippen LogP contribution in [0.2, 0.25) is 0 Å². The van der Waals surface area contributed by atoms with Crippen LogP contribution in [0.4, 0.5) is 13.6 Å². The van der Waals surface area contributed by atoms with Crippen LogP contribution < -0.4 is 15.4 Å². The number of rotatable bonds is 8. The van der Waals surface area contributed by atoms with E-state index < -0.39 is 24.7 Å². The predicted molar refractivity (Wildman–Crippen MR) is 120 cm³/mol. The molecular weight excluding hydrogens is 446 g/mol. The second-order valence-electron chi connectivity index (χ2n) is 8.23. The zero-order chi connectivity index (χ0) is 24.2. The zero-order valence-corrected chi connectivity index (χ0v) is 19.1. The molecule has 2 amide bonds. The highest BCUT2D eigenvalue weighted by atomic mass is 19.3. The van der Waals surface area contributed by atoms with Crippen molar-refractivity contribution in [3.8, 4) is 5.75 Å². The van der Waals surface area contributed by atoms with Gasteiger partial charge in [0.2, 0.25) is 0 Å². The highest BCUT2D eigenvalue weighted by Crippen LogP contribution is 2.37. The van der Waals surface area contributed by atoms with Crippen LogP contribution in [-0.2, 0) is 16.6 Å². The van der Waals surface area contributed by atoms with E-state index in [9.17, 15) is 18.4 Å². The fourth-order valence-corrected chi connectivity index (χ4v) is 4.72. The normalized spacial score (nSPS) is 20.9. The van der Waals surface area contributed by atoms with Gasteiger partial charge in [0.1, 0.15) is 5.75 Å². The number of nitrogens with zero attached hydrogens (tertiary/aromatic N) is 2. The molecule has 1 saturated heterocycles. The largest absolute Gasteiger partial charge is 0.463 e. The third-order valence-electron chi connectivity index (χ3n) is 6.15. The Morgan fingerprint density at radius 3 is 2.74 bits per heavy atom. The molecule has 0 unspecified atom stereocenters. The highest BCUT2D eigenvalue weighted by molar-refractivity contribution is 5.95. The molecule has 4 rings (SSSR count). The number of hydrogen-bond donors (Lipinski definition) is 2. The Balaban J connectivity index is 1.74. The smallest absolute Gasteiger partial charge is 0.387 e. The summed E-state index contributed by atoms with van der Waals surface area (Å²) in [5.41, 5.74) is 1.95. The predicted octanol–water partition coefficient (Wildman–Crippen LogP) is 3.63. The molecule has 2 aliphatic rings. The van der Waals surface area contributed by atoms with Crippen molar-refractivity contribution in [1.82, 2.24) is 20.1 Å². The number of alkyl halides is 2. The maximum Gasteiger partial charge on any atom is 0.387 e. The molecule has 1 aromatic heterocycles. The number of urea groups is 1. The monoisotopic (exact) mass is 474 g/mol. The number of aromatic nitrogens is 1. The number of carbonyl (C=O) groups is 2. The number of benzene rings is 1. The second kappa shape index (κ2) is 10.3. The number of hydrogen-bond acceptors (Lipinski definition) is 5. The highest BCUT2D eigenvalue weighted by Gasteiger charge is 2.37. The molecule has 3 heterocycles. The number of ether oxygens (including phenoxy) is 2. The van der Waals surface area contributed by atoms with E-state index in [2.05, 4.69) is 30.9 Å². The number of halogens is 2. The van der Waals surface area contributed by atoms with Crippen LogP contribution in [0.15, 0.2) is 53.9 Å². The molecule has 10 heteroatoms. The third kappa shape index (κ3) is 4.91. The molecule has 1 fully saturated rings. The Hall–Kier alpha value is -3.40. The molecule has 2 aliphatic heterocycles. The van der Waals surface area contributed by atoms with Crippen molar-refractivity contribution in [1.29, 1.82) is 0 Å². The number of carbonyl (C=O) groups excluding carboxylic acids is 2. The fourth-order valence-electron chi connectivity index (χ4n) is 4.72. The Kier molecular flexibility index (Phi) is 7.16. The minimum absolute atomic E-state index is 0.117. The summed E-state index contributed by atoms with van der Waals surface area (Å²) in [7, 11) is 1.98. The molecule has 0 saturated carbocycles. The van der Waals surface area contributed by atoms with E-state index in [0.717, 1.165) is 25.1 Å². The Morgan fingerprint density at radius 1 is 1.24 bits per heavy atom. The molecule has 0 radical (unpaired) electrons. The van der Waals surface area contributed by atoms with Crippen LogP contribution in [0.1, 0.15) is 43.1 Å². The SMILES string of the molecule is CCOC(=O)C1=C(CN2CCC[C@H]2c2cccn2C)NC(=O)N[C@@H]1c1ccccc1OC(F)F. The van der Waals surface area contributed by atoms with Crippen LogP contribution >= 0.6 is 0 Å². The van der Waals surface area contributed by atoms with Crippen molar-refractivity contribution >= 4 is 12.0 Å². The van der Waals surface area contributed by atoms with Crippen LogP contribution in [-0.4, -0.2) is 47.8 Å². The molecule has 0 aliphatic carbocycles. The lowest BCUT2D eigenvalue weighted by Gasteiger charge is -2.33. The van der Waals surface area contributed by atoms with E-state index in [-0.39, 0.29) is 29.5 Å². The number of likely N-dealkylation sites (tertiary alicyclic amines) is 1. The van der Waals surface area contributed by atoms with Gasteiger partial charge in [-0.25, -0.2) is 9.59 Å². The molecule has 1 aromatic carbocycles. The van der Waals surface area contributed by atoms with Crippen LogP contribution in [0, 0.1) is 0 Å². The molecule has 0 bridgehead atoms. The number of amides is 2. The first kappa shape index (κ1) is 23.7. The number of esters is 1. The van der Waals surface area contributed by atoms with Gasteiger partial charge in [-0.2, -0.15) is 8.78 Å². The summed E-state index contributed by atoms with van der Waals surface area (Å²) in [6.45, 7) is -0.160. The van der Waals surface area contributed by atoms with Crippen molar-refractivity contribution in [3.05, 3.63) is 65.1 Å². The van der Waals surface area contributed by atoms with Gasteiger partial charge in [0.05, 0.1) is 24.3 Å². The van der Waals surface area contributed by atoms with Gasteiger partial charge in [-0.3, -0.25) is 4.90 Å². The molecule has 0 spiro atoms. The summed E-state index contributed by atoms with van der Waals surface area (Å²) < 4.78 is 38.1. The average Bonchev–Trinajstić information content (AvgIpc) is 3.41. The molecule has 8 nitrogen and oxygen atoms in total. The van der Waals surface area contributed by atoms with E-state index in [0.29, 0.717) is 12.2 Å². The van der Waals surface area contributed by atoms with Crippen molar-refractivity contribution < 1.29 is 27.8 Å². The summed E-state index contributed by atoms with van der Waals surface area (Å²) in [6.07, 6.45) is 3.90. The zero-order valence-electron chi connectivity index (χ0n) is 19.1. The molecular formula is C24H28F2N4O4. The van der Waals surface area contributed by atoms with Gasteiger partial charge in [-0.15, -0.1) is 0 Å². The first-order valence-corrected chi connectivity index (χ1v) is 11.3. The minimum Gasteiger partial charge on any atom is -0.463 e. The van der Waals surface area contributed by atoms with Crippen LogP contribution in [0.3, 0.4) is 0 Å². The van der Waals surface area contributed by atoms with Crippen LogP contribution in [0.25, 0.3) is 0 Å². The number of aryl methyl sites for hydroxylation is 1. The quantitative estimate of drug-likeness (QED) is 0.571. The van der Waals surface area contributed by atoms with Crippen molar-refractivity contribution in [2.24, 2.45) is 7.05 Å². The fraction of sp³-hybridized carbons (Fsp3) is 0.417. The number of para-hydroxylation sites is 1. The molecule has 2 N–H and O–H groups in total.